The number of rotatable bonds is 5. The lowest BCUT2D eigenvalue weighted by molar-refractivity contribution is 0.409. The summed E-state index contributed by atoms with van der Waals surface area (Å²) >= 11 is 0. The molecule has 0 aliphatic carbocycles. The Morgan fingerprint density at radius 2 is 2.17 bits per heavy atom. The maximum Gasteiger partial charge on any atom is 0.151 e. The lowest BCUT2D eigenvalue weighted by Crippen LogP contribution is -2.45. The second-order valence-corrected chi connectivity index (χ2v) is 6.05. The average molecular weight is 312 g/mol. The first-order valence-corrected chi connectivity index (χ1v) is 8.16. The van der Waals surface area contributed by atoms with Crippen molar-refractivity contribution in [2.24, 2.45) is 0 Å². The van der Waals surface area contributed by atoms with Crippen LogP contribution in [0.15, 0.2) is 36.4 Å². The van der Waals surface area contributed by atoms with Crippen LogP contribution in [0, 0.1) is 6.92 Å². The molecule has 23 heavy (non-hydrogen) atoms. The minimum absolute atomic E-state index is 0.470. The van der Waals surface area contributed by atoms with E-state index in [4.69, 9.17) is 4.74 Å². The van der Waals surface area contributed by atoms with Gasteiger partial charge in [-0.1, -0.05) is 12.1 Å². The molecular formula is C18H24N4O. The van der Waals surface area contributed by atoms with E-state index in [0.717, 1.165) is 36.9 Å². The van der Waals surface area contributed by atoms with E-state index in [9.17, 15) is 0 Å². The van der Waals surface area contributed by atoms with Gasteiger partial charge in [-0.2, -0.15) is 5.10 Å². The molecule has 5 nitrogen and oxygen atoms in total. The Hall–Kier alpha value is -2.14. The zero-order valence-electron chi connectivity index (χ0n) is 13.8. The van der Waals surface area contributed by atoms with E-state index in [0.29, 0.717) is 6.04 Å². The zero-order valence-corrected chi connectivity index (χ0v) is 13.8. The molecule has 3 rings (SSSR count). The number of piperidine rings is 1. The molecule has 0 bridgehead atoms. The van der Waals surface area contributed by atoms with Crippen LogP contribution in [0.25, 0.3) is 0 Å². The smallest absolute Gasteiger partial charge is 0.151 e. The molecule has 1 saturated heterocycles. The third-order valence-corrected chi connectivity index (χ3v) is 4.26. The van der Waals surface area contributed by atoms with Gasteiger partial charge in [-0.05, 0) is 49.6 Å². The normalized spacial score (nSPS) is 18.0. The van der Waals surface area contributed by atoms with Crippen molar-refractivity contribution in [1.29, 1.82) is 0 Å². The van der Waals surface area contributed by atoms with Gasteiger partial charge in [-0.15, -0.1) is 5.10 Å². The lowest BCUT2D eigenvalue weighted by Gasteiger charge is -2.33. The Kier molecular flexibility index (Phi) is 5.08. The first-order chi connectivity index (χ1) is 11.2. The Morgan fingerprint density at radius 3 is 2.96 bits per heavy atom. The highest BCUT2D eigenvalue weighted by Gasteiger charge is 2.20. The highest BCUT2D eigenvalue weighted by Crippen LogP contribution is 2.18. The van der Waals surface area contributed by atoms with Gasteiger partial charge in [-0.3, -0.25) is 0 Å². The summed E-state index contributed by atoms with van der Waals surface area (Å²) in [5, 5.41) is 12.1. The van der Waals surface area contributed by atoms with Gasteiger partial charge in [0.05, 0.1) is 12.8 Å². The predicted molar refractivity (Wildman–Crippen MR) is 91.8 cm³/mol. The SMILES string of the molecule is COc1cccc(CN[C@H]2CCCN(c3ccc(C)nn3)C2)c1. The molecule has 5 heteroatoms. The van der Waals surface area contributed by atoms with Gasteiger partial charge in [-0.25, -0.2) is 0 Å². The number of aromatic nitrogens is 2. The Bertz CT molecular complexity index is 629. The number of aryl methyl sites for hydroxylation is 1. The van der Waals surface area contributed by atoms with Crippen LogP contribution < -0.4 is 15.0 Å². The van der Waals surface area contributed by atoms with Crippen LogP contribution in [0.5, 0.6) is 5.75 Å². The van der Waals surface area contributed by atoms with Crippen LogP contribution in [0.2, 0.25) is 0 Å². The molecule has 1 aromatic carbocycles. The molecule has 1 aliphatic heterocycles. The molecule has 0 spiro atoms. The number of ether oxygens (including phenoxy) is 1. The molecule has 2 aromatic rings. The Morgan fingerprint density at radius 1 is 1.26 bits per heavy atom. The molecule has 1 aromatic heterocycles. The van der Waals surface area contributed by atoms with Crippen LogP contribution in [-0.4, -0.2) is 36.4 Å². The van der Waals surface area contributed by atoms with Crippen molar-refractivity contribution in [3.63, 3.8) is 0 Å². The first-order valence-electron chi connectivity index (χ1n) is 8.16. The van der Waals surface area contributed by atoms with E-state index in [1.165, 1.54) is 18.4 Å². The van der Waals surface area contributed by atoms with Crippen molar-refractivity contribution in [2.75, 3.05) is 25.1 Å². The number of nitrogens with zero attached hydrogens (tertiary/aromatic N) is 3. The van der Waals surface area contributed by atoms with E-state index in [2.05, 4.69) is 38.6 Å². The molecule has 1 N–H and O–H groups in total. The molecule has 0 saturated carbocycles. The van der Waals surface area contributed by atoms with E-state index in [1.807, 2.05) is 25.1 Å². The third-order valence-electron chi connectivity index (χ3n) is 4.26. The number of methoxy groups -OCH3 is 1. The van der Waals surface area contributed by atoms with E-state index in [1.54, 1.807) is 7.11 Å². The highest BCUT2D eigenvalue weighted by molar-refractivity contribution is 5.38. The van der Waals surface area contributed by atoms with E-state index >= 15 is 0 Å². The molecule has 0 unspecified atom stereocenters. The van der Waals surface area contributed by atoms with Crippen molar-refractivity contribution in [1.82, 2.24) is 15.5 Å². The summed E-state index contributed by atoms with van der Waals surface area (Å²) in [4.78, 5) is 2.32. The maximum atomic E-state index is 5.28. The van der Waals surface area contributed by atoms with Gasteiger partial charge in [0.15, 0.2) is 5.82 Å². The van der Waals surface area contributed by atoms with Crippen molar-refractivity contribution in [3.8, 4) is 5.75 Å². The van der Waals surface area contributed by atoms with Crippen molar-refractivity contribution in [2.45, 2.75) is 32.4 Å². The average Bonchev–Trinajstić information content (AvgIpc) is 2.61. The summed E-state index contributed by atoms with van der Waals surface area (Å²) in [5.41, 5.74) is 2.20. The topological polar surface area (TPSA) is 50.3 Å². The number of hydrogen-bond donors (Lipinski definition) is 1. The summed E-state index contributed by atoms with van der Waals surface area (Å²) in [7, 11) is 1.70. The molecule has 1 aliphatic rings. The number of nitrogens with one attached hydrogen (secondary N) is 1. The van der Waals surface area contributed by atoms with Crippen molar-refractivity contribution < 1.29 is 4.74 Å². The van der Waals surface area contributed by atoms with Gasteiger partial charge < -0.3 is 15.0 Å². The molecule has 122 valence electrons. The van der Waals surface area contributed by atoms with Crippen molar-refractivity contribution in [3.05, 3.63) is 47.7 Å². The summed E-state index contributed by atoms with van der Waals surface area (Å²) < 4.78 is 5.28. The highest BCUT2D eigenvalue weighted by atomic mass is 16.5. The maximum absolute atomic E-state index is 5.28. The fourth-order valence-corrected chi connectivity index (χ4v) is 2.96. The van der Waals surface area contributed by atoms with Crippen LogP contribution in [0.4, 0.5) is 5.82 Å². The largest absolute Gasteiger partial charge is 0.497 e. The van der Waals surface area contributed by atoms with Crippen LogP contribution in [-0.2, 0) is 6.54 Å². The summed E-state index contributed by atoms with van der Waals surface area (Å²) in [6, 6.07) is 12.8. The number of anilines is 1. The van der Waals surface area contributed by atoms with Crippen molar-refractivity contribution >= 4 is 5.82 Å². The van der Waals surface area contributed by atoms with E-state index in [-0.39, 0.29) is 0 Å². The molecular weight excluding hydrogens is 288 g/mol. The van der Waals surface area contributed by atoms with Gasteiger partial charge >= 0.3 is 0 Å². The quantitative estimate of drug-likeness (QED) is 0.919. The second kappa shape index (κ2) is 7.42. The Labute approximate surface area is 137 Å². The summed E-state index contributed by atoms with van der Waals surface area (Å²) in [6.07, 6.45) is 2.37. The minimum atomic E-state index is 0.470. The second-order valence-electron chi connectivity index (χ2n) is 6.05. The van der Waals surface area contributed by atoms with Gasteiger partial charge in [0.1, 0.15) is 5.75 Å². The minimum Gasteiger partial charge on any atom is -0.497 e. The fourth-order valence-electron chi connectivity index (χ4n) is 2.96. The van der Waals surface area contributed by atoms with Crippen LogP contribution >= 0.6 is 0 Å². The lowest BCUT2D eigenvalue weighted by atomic mass is 10.1. The van der Waals surface area contributed by atoms with E-state index < -0.39 is 0 Å². The van der Waals surface area contributed by atoms with Gasteiger partial charge in [0.2, 0.25) is 0 Å². The Balaban J connectivity index is 1.57. The molecule has 0 radical (unpaired) electrons. The first kappa shape index (κ1) is 15.7. The molecule has 1 atom stereocenters. The van der Waals surface area contributed by atoms with Gasteiger partial charge in [0, 0.05) is 25.7 Å². The monoisotopic (exact) mass is 312 g/mol. The molecule has 1 fully saturated rings. The molecule has 2 heterocycles. The third kappa shape index (κ3) is 4.20. The number of hydrogen-bond acceptors (Lipinski definition) is 5. The van der Waals surface area contributed by atoms with Crippen LogP contribution in [0.3, 0.4) is 0 Å². The summed E-state index contributed by atoms with van der Waals surface area (Å²) in [5.74, 6) is 1.88. The summed E-state index contributed by atoms with van der Waals surface area (Å²) in [6.45, 7) is 4.84. The zero-order chi connectivity index (χ0) is 16.1. The number of benzene rings is 1. The van der Waals surface area contributed by atoms with Crippen LogP contribution in [0.1, 0.15) is 24.1 Å². The predicted octanol–water partition coefficient (Wildman–Crippen LogP) is 2.55. The fraction of sp³-hybridized carbons (Fsp3) is 0.444. The molecule has 0 amide bonds. The van der Waals surface area contributed by atoms with Gasteiger partial charge in [0.25, 0.3) is 0 Å². The standard InChI is InChI=1S/C18H24N4O/c1-14-8-9-18(21-20-14)22-10-4-6-16(13-22)19-12-15-5-3-7-17(11-15)23-2/h3,5,7-9,11,16,19H,4,6,10,12-13H2,1-2H3/t16-/m0/s1.